The number of nitrogens with two attached hydrogens (primary N) is 1. The highest BCUT2D eigenvalue weighted by atomic mass is 32.1. The van der Waals surface area contributed by atoms with Crippen molar-refractivity contribution in [2.75, 3.05) is 0 Å². The summed E-state index contributed by atoms with van der Waals surface area (Å²) >= 11 is 1.70. The summed E-state index contributed by atoms with van der Waals surface area (Å²) in [6, 6.07) is 4.49. The summed E-state index contributed by atoms with van der Waals surface area (Å²) in [5.74, 6) is 0.525. The molecule has 1 aliphatic rings. The lowest BCUT2D eigenvalue weighted by molar-refractivity contribution is -0.123. The van der Waals surface area contributed by atoms with Crippen LogP contribution in [0.5, 0.6) is 0 Å². The third-order valence-electron chi connectivity index (χ3n) is 4.05. The van der Waals surface area contributed by atoms with Gasteiger partial charge in [-0.2, -0.15) is 0 Å². The first kappa shape index (κ1) is 14.5. The molecule has 1 amide bonds. The Kier molecular flexibility index (Phi) is 5.40. The molecular weight excluding hydrogens is 256 g/mol. The van der Waals surface area contributed by atoms with Crippen molar-refractivity contribution in [2.24, 2.45) is 11.7 Å². The van der Waals surface area contributed by atoms with Crippen LogP contribution >= 0.6 is 11.3 Å². The van der Waals surface area contributed by atoms with E-state index in [-0.39, 0.29) is 18.0 Å². The second-order valence-electron chi connectivity index (χ2n) is 5.46. The number of carbonyl (C=O) groups is 1. The van der Waals surface area contributed by atoms with Gasteiger partial charge in [0.25, 0.3) is 0 Å². The summed E-state index contributed by atoms with van der Waals surface area (Å²) in [5, 5.41) is 5.21. The number of rotatable bonds is 5. The molecule has 106 valence electrons. The van der Waals surface area contributed by atoms with Crippen molar-refractivity contribution in [2.45, 2.75) is 57.5 Å². The SMILES string of the molecule is CCC(NC(=O)CC1CCCCC1N)c1cccs1. The summed E-state index contributed by atoms with van der Waals surface area (Å²) in [6.45, 7) is 2.11. The fraction of sp³-hybridized carbons (Fsp3) is 0.667. The molecule has 0 aliphatic heterocycles. The normalized spacial score (nSPS) is 24.9. The average Bonchev–Trinajstić information content (AvgIpc) is 2.92. The first-order chi connectivity index (χ1) is 9.20. The van der Waals surface area contributed by atoms with Crippen molar-refractivity contribution in [1.29, 1.82) is 0 Å². The molecule has 3 atom stereocenters. The topological polar surface area (TPSA) is 55.1 Å². The maximum Gasteiger partial charge on any atom is 0.220 e. The van der Waals surface area contributed by atoms with E-state index in [1.54, 1.807) is 11.3 Å². The van der Waals surface area contributed by atoms with Crippen molar-refractivity contribution in [1.82, 2.24) is 5.32 Å². The third kappa shape index (κ3) is 4.05. The average molecular weight is 280 g/mol. The summed E-state index contributed by atoms with van der Waals surface area (Å²) in [7, 11) is 0. The van der Waals surface area contributed by atoms with Crippen molar-refractivity contribution in [3.63, 3.8) is 0 Å². The van der Waals surface area contributed by atoms with Gasteiger partial charge in [0.2, 0.25) is 5.91 Å². The maximum absolute atomic E-state index is 12.2. The van der Waals surface area contributed by atoms with Crippen LogP contribution < -0.4 is 11.1 Å². The van der Waals surface area contributed by atoms with Gasteiger partial charge < -0.3 is 11.1 Å². The van der Waals surface area contributed by atoms with Crippen LogP contribution in [-0.2, 0) is 4.79 Å². The van der Waals surface area contributed by atoms with Crippen molar-refractivity contribution in [3.05, 3.63) is 22.4 Å². The molecule has 1 heterocycles. The molecular formula is C15H24N2OS. The van der Waals surface area contributed by atoms with Crippen LogP contribution in [0.1, 0.15) is 56.4 Å². The van der Waals surface area contributed by atoms with Gasteiger partial charge in [0.1, 0.15) is 0 Å². The van der Waals surface area contributed by atoms with E-state index in [1.807, 2.05) is 6.07 Å². The molecule has 1 fully saturated rings. The predicted molar refractivity (Wildman–Crippen MR) is 80.0 cm³/mol. The fourth-order valence-corrected chi connectivity index (χ4v) is 3.71. The molecule has 1 saturated carbocycles. The van der Waals surface area contributed by atoms with E-state index in [0.717, 1.165) is 19.3 Å². The zero-order valence-electron chi connectivity index (χ0n) is 11.6. The fourth-order valence-electron chi connectivity index (χ4n) is 2.85. The summed E-state index contributed by atoms with van der Waals surface area (Å²) in [6.07, 6.45) is 6.12. The zero-order chi connectivity index (χ0) is 13.7. The zero-order valence-corrected chi connectivity index (χ0v) is 12.4. The Morgan fingerprint density at radius 2 is 2.32 bits per heavy atom. The molecule has 1 aromatic rings. The molecule has 0 bridgehead atoms. The smallest absolute Gasteiger partial charge is 0.220 e. The van der Waals surface area contributed by atoms with Gasteiger partial charge in [-0.05, 0) is 36.6 Å². The Balaban J connectivity index is 1.86. The van der Waals surface area contributed by atoms with Gasteiger partial charge in [0, 0.05) is 17.3 Å². The molecule has 1 aliphatic carbocycles. The minimum Gasteiger partial charge on any atom is -0.348 e. The van der Waals surface area contributed by atoms with Gasteiger partial charge in [-0.3, -0.25) is 4.79 Å². The van der Waals surface area contributed by atoms with E-state index in [9.17, 15) is 4.79 Å². The van der Waals surface area contributed by atoms with Crippen LogP contribution in [0.25, 0.3) is 0 Å². The highest BCUT2D eigenvalue weighted by Crippen LogP contribution is 2.27. The van der Waals surface area contributed by atoms with E-state index in [2.05, 4.69) is 23.7 Å². The van der Waals surface area contributed by atoms with Crippen LogP contribution in [0.2, 0.25) is 0 Å². The van der Waals surface area contributed by atoms with E-state index in [4.69, 9.17) is 5.73 Å². The molecule has 0 radical (unpaired) electrons. The summed E-state index contributed by atoms with van der Waals surface area (Å²) in [5.41, 5.74) is 6.11. The van der Waals surface area contributed by atoms with Crippen LogP contribution in [0.3, 0.4) is 0 Å². The summed E-state index contributed by atoms with van der Waals surface area (Å²) in [4.78, 5) is 13.4. The minimum atomic E-state index is 0.155. The van der Waals surface area contributed by atoms with E-state index in [1.165, 1.54) is 17.7 Å². The quantitative estimate of drug-likeness (QED) is 0.870. The second kappa shape index (κ2) is 7.06. The number of nitrogens with one attached hydrogen (secondary N) is 1. The molecule has 3 nitrogen and oxygen atoms in total. The number of carbonyl (C=O) groups excluding carboxylic acids is 1. The molecule has 4 heteroatoms. The molecule has 3 unspecified atom stereocenters. The standard InChI is InChI=1S/C15H24N2OS/c1-2-13(14-8-5-9-19-14)17-15(18)10-11-6-3-4-7-12(11)16/h5,8-9,11-13H,2-4,6-7,10,16H2,1H3,(H,17,18). The van der Waals surface area contributed by atoms with Crippen LogP contribution in [0.4, 0.5) is 0 Å². The molecule has 3 N–H and O–H groups in total. The Bertz CT molecular complexity index is 391. The van der Waals surface area contributed by atoms with E-state index < -0.39 is 0 Å². The summed E-state index contributed by atoms with van der Waals surface area (Å²) < 4.78 is 0. The number of hydrogen-bond donors (Lipinski definition) is 2. The monoisotopic (exact) mass is 280 g/mol. The molecule has 19 heavy (non-hydrogen) atoms. The van der Waals surface area contributed by atoms with Crippen molar-refractivity contribution in [3.8, 4) is 0 Å². The third-order valence-corrected chi connectivity index (χ3v) is 5.03. The maximum atomic E-state index is 12.2. The minimum absolute atomic E-state index is 0.155. The van der Waals surface area contributed by atoms with Crippen LogP contribution in [0.15, 0.2) is 17.5 Å². The van der Waals surface area contributed by atoms with Crippen molar-refractivity contribution < 1.29 is 4.79 Å². The molecule has 0 saturated heterocycles. The van der Waals surface area contributed by atoms with Gasteiger partial charge in [-0.15, -0.1) is 11.3 Å². The van der Waals surface area contributed by atoms with Crippen molar-refractivity contribution >= 4 is 17.2 Å². The Morgan fingerprint density at radius 1 is 1.53 bits per heavy atom. The van der Waals surface area contributed by atoms with Gasteiger partial charge in [-0.1, -0.05) is 25.8 Å². The molecule has 0 spiro atoms. The number of hydrogen-bond acceptors (Lipinski definition) is 3. The van der Waals surface area contributed by atoms with Gasteiger partial charge in [0.15, 0.2) is 0 Å². The van der Waals surface area contributed by atoms with Gasteiger partial charge in [0.05, 0.1) is 6.04 Å². The molecule has 2 rings (SSSR count). The van der Waals surface area contributed by atoms with Crippen LogP contribution in [0, 0.1) is 5.92 Å². The molecule has 1 aromatic heterocycles. The number of thiophene rings is 1. The van der Waals surface area contributed by atoms with Crippen LogP contribution in [-0.4, -0.2) is 11.9 Å². The Hall–Kier alpha value is -0.870. The lowest BCUT2D eigenvalue weighted by Gasteiger charge is -2.28. The first-order valence-corrected chi connectivity index (χ1v) is 8.17. The largest absolute Gasteiger partial charge is 0.348 e. The van der Waals surface area contributed by atoms with E-state index >= 15 is 0 Å². The molecule has 0 aromatic carbocycles. The Labute approximate surface area is 119 Å². The Morgan fingerprint density at radius 3 is 2.95 bits per heavy atom. The highest BCUT2D eigenvalue weighted by molar-refractivity contribution is 7.10. The van der Waals surface area contributed by atoms with Gasteiger partial charge in [-0.25, -0.2) is 0 Å². The lowest BCUT2D eigenvalue weighted by atomic mass is 9.83. The van der Waals surface area contributed by atoms with Gasteiger partial charge >= 0.3 is 0 Å². The second-order valence-corrected chi connectivity index (χ2v) is 6.44. The lowest BCUT2D eigenvalue weighted by Crippen LogP contribution is -2.37. The predicted octanol–water partition coefficient (Wildman–Crippen LogP) is 3.22. The first-order valence-electron chi connectivity index (χ1n) is 7.29. The highest BCUT2D eigenvalue weighted by Gasteiger charge is 2.25. The number of amides is 1. The van der Waals surface area contributed by atoms with E-state index in [0.29, 0.717) is 12.3 Å².